The summed E-state index contributed by atoms with van der Waals surface area (Å²) >= 11 is 0. The van der Waals surface area contributed by atoms with Gasteiger partial charge < -0.3 is 10.8 Å². The van der Waals surface area contributed by atoms with Crippen molar-refractivity contribution in [1.82, 2.24) is 10.2 Å². The Balaban J connectivity index is 2.41. The van der Waals surface area contributed by atoms with Gasteiger partial charge in [0.25, 0.3) is 10.0 Å². The Morgan fingerprint density at radius 1 is 1.37 bits per heavy atom. The van der Waals surface area contributed by atoms with E-state index in [9.17, 15) is 13.5 Å². The van der Waals surface area contributed by atoms with Gasteiger partial charge in [0.15, 0.2) is 0 Å². The number of phenolic OH excluding ortho intramolecular Hbond substituents is 1. The first-order valence-corrected chi connectivity index (χ1v) is 6.92. The maximum Gasteiger partial charge on any atom is 0.262 e. The van der Waals surface area contributed by atoms with Gasteiger partial charge >= 0.3 is 0 Å². The van der Waals surface area contributed by atoms with Crippen LogP contribution in [0.5, 0.6) is 5.75 Å². The number of nitrogens with one attached hydrogen (secondary N) is 2. The molecule has 1 heterocycles. The second-order valence-electron chi connectivity index (χ2n) is 4.14. The minimum atomic E-state index is -3.77. The highest BCUT2D eigenvalue weighted by Gasteiger charge is 2.18. The summed E-state index contributed by atoms with van der Waals surface area (Å²) in [5, 5.41) is 15.9. The lowest BCUT2D eigenvalue weighted by Crippen LogP contribution is -2.14. The lowest BCUT2D eigenvalue weighted by Gasteiger charge is -2.09. The zero-order chi connectivity index (χ0) is 14.2. The lowest BCUT2D eigenvalue weighted by molar-refractivity contribution is 0.477. The van der Waals surface area contributed by atoms with E-state index in [0.29, 0.717) is 17.1 Å². The number of rotatable bonds is 3. The Morgan fingerprint density at radius 3 is 2.58 bits per heavy atom. The Hall–Kier alpha value is -2.22. The zero-order valence-electron chi connectivity index (χ0n) is 10.4. The molecule has 0 aliphatic carbocycles. The van der Waals surface area contributed by atoms with E-state index >= 15 is 0 Å². The molecule has 5 N–H and O–H groups in total. The monoisotopic (exact) mass is 282 g/mol. The summed E-state index contributed by atoms with van der Waals surface area (Å²) in [4.78, 5) is -0.0252. The molecular formula is C11H14N4O3S. The van der Waals surface area contributed by atoms with Gasteiger partial charge in [-0.2, -0.15) is 5.10 Å². The molecule has 0 aliphatic heterocycles. The number of sulfonamides is 1. The molecule has 19 heavy (non-hydrogen) atoms. The molecule has 2 aromatic rings. The fourth-order valence-electron chi connectivity index (χ4n) is 1.59. The van der Waals surface area contributed by atoms with Gasteiger partial charge in [-0.25, -0.2) is 8.42 Å². The molecule has 0 fully saturated rings. The predicted octanol–water partition coefficient (Wildman–Crippen LogP) is 1.12. The van der Waals surface area contributed by atoms with Gasteiger partial charge in [0.1, 0.15) is 5.75 Å². The lowest BCUT2D eigenvalue weighted by atomic mass is 10.3. The summed E-state index contributed by atoms with van der Waals surface area (Å²) in [5.41, 5.74) is 7.07. The number of nitrogen functional groups attached to an aromatic ring is 1. The van der Waals surface area contributed by atoms with E-state index in [1.807, 2.05) is 0 Å². The Morgan fingerprint density at radius 2 is 2.05 bits per heavy atom. The standard InChI is InChI=1S/C11H14N4O3S/c1-6-11(7(2)14-13-6)15-19(17,18)8-3-4-10(16)9(12)5-8/h3-5,15-16H,12H2,1-2H3,(H,13,14). The van der Waals surface area contributed by atoms with Crippen LogP contribution < -0.4 is 10.5 Å². The third kappa shape index (κ3) is 2.48. The number of benzene rings is 1. The molecule has 2 rings (SSSR count). The van der Waals surface area contributed by atoms with Crippen LogP contribution in [-0.2, 0) is 10.0 Å². The van der Waals surface area contributed by atoms with Crippen molar-refractivity contribution >= 4 is 21.4 Å². The quantitative estimate of drug-likeness (QED) is 0.496. The molecule has 0 amide bonds. The topological polar surface area (TPSA) is 121 Å². The van der Waals surface area contributed by atoms with Crippen molar-refractivity contribution in [3.8, 4) is 5.75 Å². The smallest absolute Gasteiger partial charge is 0.262 e. The number of hydrogen-bond acceptors (Lipinski definition) is 5. The van der Waals surface area contributed by atoms with Crippen molar-refractivity contribution < 1.29 is 13.5 Å². The average molecular weight is 282 g/mol. The number of anilines is 2. The van der Waals surface area contributed by atoms with E-state index in [1.165, 1.54) is 18.2 Å². The Labute approximate surface area is 110 Å². The maximum atomic E-state index is 12.2. The number of aryl methyl sites for hydroxylation is 2. The van der Waals surface area contributed by atoms with Crippen LogP contribution in [0.1, 0.15) is 11.4 Å². The second kappa shape index (κ2) is 4.47. The predicted molar refractivity (Wildman–Crippen MR) is 71.4 cm³/mol. The molecule has 7 nitrogen and oxygen atoms in total. The first-order valence-electron chi connectivity index (χ1n) is 5.44. The van der Waals surface area contributed by atoms with Crippen LogP contribution in [-0.4, -0.2) is 23.7 Å². The number of H-pyrrole nitrogens is 1. The first-order chi connectivity index (χ1) is 8.81. The number of nitrogens with zero attached hydrogens (tertiary/aromatic N) is 1. The van der Waals surface area contributed by atoms with E-state index in [4.69, 9.17) is 5.73 Å². The molecular weight excluding hydrogens is 268 g/mol. The Kier molecular flexibility index (Phi) is 3.11. The summed E-state index contributed by atoms with van der Waals surface area (Å²) < 4.78 is 26.8. The van der Waals surface area contributed by atoms with Crippen molar-refractivity contribution in [3.05, 3.63) is 29.6 Å². The number of aromatic hydroxyl groups is 1. The molecule has 0 aliphatic rings. The van der Waals surface area contributed by atoms with E-state index in [-0.39, 0.29) is 16.3 Å². The van der Waals surface area contributed by atoms with Crippen LogP contribution in [0.3, 0.4) is 0 Å². The summed E-state index contributed by atoms with van der Waals surface area (Å²) in [6, 6.07) is 3.71. The minimum Gasteiger partial charge on any atom is -0.506 e. The van der Waals surface area contributed by atoms with E-state index in [2.05, 4.69) is 14.9 Å². The van der Waals surface area contributed by atoms with Gasteiger partial charge in [0.2, 0.25) is 0 Å². The molecule has 0 bridgehead atoms. The summed E-state index contributed by atoms with van der Waals surface area (Å²) in [6.07, 6.45) is 0. The van der Waals surface area contributed by atoms with Gasteiger partial charge in [-0.1, -0.05) is 0 Å². The van der Waals surface area contributed by atoms with Gasteiger partial charge in [-0.05, 0) is 32.0 Å². The van der Waals surface area contributed by atoms with Gasteiger partial charge in [-0.3, -0.25) is 9.82 Å². The second-order valence-corrected chi connectivity index (χ2v) is 5.82. The molecule has 8 heteroatoms. The van der Waals surface area contributed by atoms with Crippen molar-refractivity contribution in [1.29, 1.82) is 0 Å². The highest BCUT2D eigenvalue weighted by atomic mass is 32.2. The average Bonchev–Trinajstić information content (AvgIpc) is 2.64. The maximum absolute atomic E-state index is 12.2. The van der Waals surface area contributed by atoms with Crippen molar-refractivity contribution in [3.63, 3.8) is 0 Å². The van der Waals surface area contributed by atoms with E-state index in [0.717, 1.165) is 0 Å². The fraction of sp³-hybridized carbons (Fsp3) is 0.182. The van der Waals surface area contributed by atoms with E-state index in [1.54, 1.807) is 13.8 Å². The molecule has 102 valence electrons. The summed E-state index contributed by atoms with van der Waals surface area (Å²) in [6.45, 7) is 3.40. The highest BCUT2D eigenvalue weighted by molar-refractivity contribution is 7.92. The van der Waals surface area contributed by atoms with Crippen molar-refractivity contribution in [2.24, 2.45) is 0 Å². The molecule has 0 unspecified atom stereocenters. The van der Waals surface area contributed by atoms with Crippen LogP contribution in [0.15, 0.2) is 23.1 Å². The largest absolute Gasteiger partial charge is 0.506 e. The normalized spacial score (nSPS) is 11.5. The number of hydrogen-bond donors (Lipinski definition) is 4. The Bertz CT molecular complexity index is 702. The van der Waals surface area contributed by atoms with Crippen LogP contribution in [0.4, 0.5) is 11.4 Å². The van der Waals surface area contributed by atoms with Crippen LogP contribution in [0, 0.1) is 13.8 Å². The van der Waals surface area contributed by atoms with Crippen LogP contribution in [0.25, 0.3) is 0 Å². The minimum absolute atomic E-state index is 0.00325. The third-order valence-corrected chi connectivity index (χ3v) is 4.02. The number of aromatic amines is 1. The van der Waals surface area contributed by atoms with Crippen LogP contribution in [0.2, 0.25) is 0 Å². The van der Waals surface area contributed by atoms with Crippen molar-refractivity contribution in [2.75, 3.05) is 10.5 Å². The molecule has 0 radical (unpaired) electrons. The summed E-state index contributed by atoms with van der Waals surface area (Å²) in [5.74, 6) is -0.158. The van der Waals surface area contributed by atoms with Crippen molar-refractivity contribution in [2.45, 2.75) is 18.7 Å². The number of phenols is 1. The molecule has 0 saturated carbocycles. The first kappa shape index (κ1) is 13.2. The highest BCUT2D eigenvalue weighted by Crippen LogP contribution is 2.26. The number of nitrogens with two attached hydrogens (primary N) is 1. The van der Waals surface area contributed by atoms with Gasteiger partial charge in [0, 0.05) is 0 Å². The summed E-state index contributed by atoms with van der Waals surface area (Å²) in [7, 11) is -3.77. The fourth-order valence-corrected chi connectivity index (χ4v) is 2.81. The number of aromatic nitrogens is 2. The molecule has 1 aromatic carbocycles. The molecule has 1 aromatic heterocycles. The van der Waals surface area contributed by atoms with E-state index < -0.39 is 10.0 Å². The SMILES string of the molecule is Cc1n[nH]c(C)c1NS(=O)(=O)c1ccc(O)c(N)c1. The molecule has 0 atom stereocenters. The zero-order valence-corrected chi connectivity index (χ0v) is 11.2. The van der Waals surface area contributed by atoms with Gasteiger partial charge in [0.05, 0.1) is 27.7 Å². The molecule has 0 saturated heterocycles. The van der Waals surface area contributed by atoms with Crippen LogP contribution >= 0.6 is 0 Å². The molecule has 0 spiro atoms. The van der Waals surface area contributed by atoms with Gasteiger partial charge in [-0.15, -0.1) is 0 Å². The third-order valence-electron chi connectivity index (χ3n) is 2.67.